The second kappa shape index (κ2) is 6.86. The number of aromatic nitrogens is 1. The fraction of sp³-hybridized carbons (Fsp3) is 0.200. The third-order valence-electron chi connectivity index (χ3n) is 2.86. The van der Waals surface area contributed by atoms with Crippen molar-refractivity contribution in [3.8, 4) is 5.88 Å². The summed E-state index contributed by atoms with van der Waals surface area (Å²) in [6.45, 7) is 2.06. The van der Waals surface area contributed by atoms with Crippen LogP contribution < -0.4 is 15.4 Å². The number of benzene rings is 1. The number of anilines is 1. The molecule has 0 radical (unpaired) electrons. The number of nitrogens with one attached hydrogen (secondary N) is 2. The Morgan fingerprint density at radius 3 is 2.65 bits per heavy atom. The molecule has 0 bridgehead atoms. The minimum absolute atomic E-state index is 0.124. The van der Waals surface area contributed by atoms with Crippen molar-refractivity contribution in [2.75, 3.05) is 12.4 Å². The second-order valence-electron chi connectivity index (χ2n) is 4.29. The fourth-order valence-corrected chi connectivity index (χ4v) is 2.12. The van der Waals surface area contributed by atoms with Crippen LogP contribution in [0.3, 0.4) is 0 Å². The summed E-state index contributed by atoms with van der Waals surface area (Å²) in [6, 6.07) is 13.9. The maximum Gasteiger partial charge on any atom is 0.237 e. The standard InChI is InChI=1S/C15H17N3OS/c1-11(12-7-4-3-5-8-12)17-15(20)18-13-9-6-10-16-14(13)19-2/h3-11H,1-2H3,(H2,17,18,20)/t11-/m1/s1. The summed E-state index contributed by atoms with van der Waals surface area (Å²) in [7, 11) is 1.58. The van der Waals surface area contributed by atoms with Gasteiger partial charge in [0.15, 0.2) is 5.11 Å². The van der Waals surface area contributed by atoms with Gasteiger partial charge in [-0.3, -0.25) is 0 Å². The Hall–Kier alpha value is -2.14. The van der Waals surface area contributed by atoms with Gasteiger partial charge in [0.1, 0.15) is 5.69 Å². The van der Waals surface area contributed by atoms with E-state index in [1.54, 1.807) is 13.3 Å². The molecule has 1 aromatic heterocycles. The van der Waals surface area contributed by atoms with E-state index in [1.807, 2.05) is 30.3 Å². The van der Waals surface area contributed by atoms with Gasteiger partial charge in [-0.1, -0.05) is 30.3 Å². The van der Waals surface area contributed by atoms with Crippen molar-refractivity contribution in [3.05, 3.63) is 54.2 Å². The smallest absolute Gasteiger partial charge is 0.237 e. The van der Waals surface area contributed by atoms with Crippen LogP contribution in [-0.4, -0.2) is 17.2 Å². The minimum atomic E-state index is 0.124. The van der Waals surface area contributed by atoms with E-state index in [4.69, 9.17) is 17.0 Å². The summed E-state index contributed by atoms with van der Waals surface area (Å²) in [5.74, 6) is 0.518. The van der Waals surface area contributed by atoms with Crippen LogP contribution in [0, 0.1) is 0 Å². The van der Waals surface area contributed by atoms with Gasteiger partial charge in [-0.2, -0.15) is 0 Å². The van der Waals surface area contributed by atoms with Crippen LogP contribution in [0.25, 0.3) is 0 Å². The molecule has 0 unspecified atom stereocenters. The average Bonchev–Trinajstić information content (AvgIpc) is 2.48. The van der Waals surface area contributed by atoms with Crippen molar-refractivity contribution in [1.29, 1.82) is 0 Å². The van der Waals surface area contributed by atoms with Gasteiger partial charge in [0.25, 0.3) is 0 Å². The van der Waals surface area contributed by atoms with Gasteiger partial charge in [0.2, 0.25) is 5.88 Å². The SMILES string of the molecule is COc1ncccc1NC(=S)N[C@H](C)c1ccccc1. The number of methoxy groups -OCH3 is 1. The van der Waals surface area contributed by atoms with Gasteiger partial charge in [-0.05, 0) is 36.8 Å². The van der Waals surface area contributed by atoms with Crippen molar-refractivity contribution in [3.63, 3.8) is 0 Å². The molecule has 0 saturated heterocycles. The van der Waals surface area contributed by atoms with E-state index >= 15 is 0 Å². The lowest BCUT2D eigenvalue weighted by molar-refractivity contribution is 0.400. The summed E-state index contributed by atoms with van der Waals surface area (Å²) in [5.41, 5.74) is 1.92. The molecule has 4 nitrogen and oxygen atoms in total. The minimum Gasteiger partial charge on any atom is -0.480 e. The molecule has 0 amide bonds. The van der Waals surface area contributed by atoms with Gasteiger partial charge in [0.05, 0.1) is 13.2 Å². The molecule has 1 heterocycles. The van der Waals surface area contributed by atoms with Crippen LogP contribution in [0.5, 0.6) is 5.88 Å². The zero-order valence-electron chi connectivity index (χ0n) is 11.5. The maximum atomic E-state index is 5.31. The zero-order valence-corrected chi connectivity index (χ0v) is 12.3. The molecular formula is C15H17N3OS. The molecule has 2 rings (SSSR count). The van der Waals surface area contributed by atoms with Crippen LogP contribution in [0.2, 0.25) is 0 Å². The van der Waals surface area contributed by atoms with Crippen LogP contribution >= 0.6 is 12.2 Å². The van der Waals surface area contributed by atoms with Gasteiger partial charge in [-0.25, -0.2) is 4.98 Å². The van der Waals surface area contributed by atoms with E-state index < -0.39 is 0 Å². The molecule has 0 saturated carbocycles. The lowest BCUT2D eigenvalue weighted by Gasteiger charge is -2.18. The first-order valence-corrected chi connectivity index (χ1v) is 6.73. The zero-order chi connectivity index (χ0) is 14.4. The number of hydrogen-bond acceptors (Lipinski definition) is 3. The van der Waals surface area contributed by atoms with Crippen LogP contribution in [0.15, 0.2) is 48.7 Å². The molecule has 2 N–H and O–H groups in total. The summed E-state index contributed by atoms with van der Waals surface area (Å²) < 4.78 is 5.17. The highest BCUT2D eigenvalue weighted by atomic mass is 32.1. The van der Waals surface area contributed by atoms with E-state index in [2.05, 4.69) is 34.7 Å². The number of nitrogens with zero attached hydrogens (tertiary/aromatic N) is 1. The number of rotatable bonds is 4. The Morgan fingerprint density at radius 1 is 1.20 bits per heavy atom. The normalized spacial score (nSPS) is 11.5. The van der Waals surface area contributed by atoms with Gasteiger partial charge >= 0.3 is 0 Å². The van der Waals surface area contributed by atoms with Gasteiger partial charge in [-0.15, -0.1) is 0 Å². The fourth-order valence-electron chi connectivity index (χ4n) is 1.83. The molecule has 20 heavy (non-hydrogen) atoms. The van der Waals surface area contributed by atoms with E-state index in [-0.39, 0.29) is 6.04 Å². The van der Waals surface area contributed by atoms with Crippen LogP contribution in [-0.2, 0) is 0 Å². The quantitative estimate of drug-likeness (QED) is 0.846. The Kier molecular flexibility index (Phi) is 4.90. The predicted octanol–water partition coefficient (Wildman–Crippen LogP) is 3.14. The maximum absolute atomic E-state index is 5.31. The van der Waals surface area contributed by atoms with Crippen molar-refractivity contribution in [1.82, 2.24) is 10.3 Å². The molecular weight excluding hydrogens is 270 g/mol. The van der Waals surface area contributed by atoms with Crippen molar-refractivity contribution in [2.24, 2.45) is 0 Å². The summed E-state index contributed by atoms with van der Waals surface area (Å²) in [4.78, 5) is 4.12. The van der Waals surface area contributed by atoms with Crippen molar-refractivity contribution >= 4 is 23.0 Å². The molecule has 1 atom stereocenters. The van der Waals surface area contributed by atoms with E-state index in [9.17, 15) is 0 Å². The molecule has 0 aliphatic carbocycles. The Labute approximate surface area is 124 Å². The Bertz CT molecular complexity index is 574. The van der Waals surface area contributed by atoms with Crippen molar-refractivity contribution < 1.29 is 4.74 Å². The predicted molar refractivity (Wildman–Crippen MR) is 85.0 cm³/mol. The second-order valence-corrected chi connectivity index (χ2v) is 4.70. The van der Waals surface area contributed by atoms with Crippen LogP contribution in [0.1, 0.15) is 18.5 Å². The number of thiocarbonyl (C=S) groups is 1. The largest absolute Gasteiger partial charge is 0.480 e. The highest BCUT2D eigenvalue weighted by molar-refractivity contribution is 7.80. The first-order chi connectivity index (χ1) is 9.70. The first kappa shape index (κ1) is 14.3. The summed E-state index contributed by atoms with van der Waals surface area (Å²) in [6.07, 6.45) is 1.67. The molecule has 0 aliphatic rings. The highest BCUT2D eigenvalue weighted by Crippen LogP contribution is 2.20. The van der Waals surface area contributed by atoms with Gasteiger partial charge in [0, 0.05) is 6.20 Å². The highest BCUT2D eigenvalue weighted by Gasteiger charge is 2.09. The third-order valence-corrected chi connectivity index (χ3v) is 3.08. The molecule has 0 aliphatic heterocycles. The van der Waals surface area contributed by atoms with Crippen LogP contribution in [0.4, 0.5) is 5.69 Å². The lowest BCUT2D eigenvalue weighted by atomic mass is 10.1. The van der Waals surface area contributed by atoms with Gasteiger partial charge < -0.3 is 15.4 Å². The number of ether oxygens (including phenoxy) is 1. The van der Waals surface area contributed by atoms with Crippen molar-refractivity contribution in [2.45, 2.75) is 13.0 Å². The Balaban J connectivity index is 1.99. The molecule has 2 aromatic rings. The molecule has 0 fully saturated rings. The monoisotopic (exact) mass is 287 g/mol. The molecule has 5 heteroatoms. The molecule has 104 valence electrons. The first-order valence-electron chi connectivity index (χ1n) is 6.32. The Morgan fingerprint density at radius 2 is 1.95 bits per heavy atom. The molecule has 1 aromatic carbocycles. The van der Waals surface area contributed by atoms with E-state index in [0.717, 1.165) is 5.69 Å². The average molecular weight is 287 g/mol. The lowest BCUT2D eigenvalue weighted by Crippen LogP contribution is -2.31. The van der Waals surface area contributed by atoms with E-state index in [1.165, 1.54) is 5.56 Å². The van der Waals surface area contributed by atoms with E-state index in [0.29, 0.717) is 11.0 Å². The topological polar surface area (TPSA) is 46.2 Å². The third kappa shape index (κ3) is 3.68. The summed E-state index contributed by atoms with van der Waals surface area (Å²) in [5, 5.41) is 6.86. The number of hydrogen-bond donors (Lipinski definition) is 2. The molecule has 0 spiro atoms. The summed E-state index contributed by atoms with van der Waals surface area (Å²) >= 11 is 5.31. The number of pyridine rings is 1.